The Hall–Kier alpha value is -1.65. The van der Waals surface area contributed by atoms with Crippen molar-refractivity contribution in [2.75, 3.05) is 0 Å². The lowest BCUT2D eigenvalue weighted by atomic mass is 9.94. The van der Waals surface area contributed by atoms with Gasteiger partial charge in [0, 0.05) is 17.7 Å². The monoisotopic (exact) mass is 214 g/mol. The van der Waals surface area contributed by atoms with Gasteiger partial charge in [-0.05, 0) is 12.8 Å². The highest BCUT2D eigenvalue weighted by molar-refractivity contribution is 5.86. The number of rotatable bonds is 2. The first-order chi connectivity index (χ1) is 6.97. The molecule has 2 rings (SSSR count). The summed E-state index contributed by atoms with van der Waals surface area (Å²) in [5, 5.41) is 18.3. The van der Waals surface area contributed by atoms with Crippen molar-refractivity contribution in [2.45, 2.75) is 18.3 Å². The molecule has 0 aliphatic heterocycles. The lowest BCUT2D eigenvalue weighted by Gasteiger charge is -2.13. The third-order valence-corrected chi connectivity index (χ3v) is 2.67. The normalized spacial score (nSPS) is 17.5. The predicted octanol–water partition coefficient (Wildman–Crippen LogP) is 1.79. The number of phenols is 1. The Kier molecular flexibility index (Phi) is 1.92. The Balaban J connectivity index is 2.58. The number of benzene rings is 1. The summed E-state index contributed by atoms with van der Waals surface area (Å²) in [5.74, 6) is -3.75. The lowest BCUT2D eigenvalue weighted by Crippen LogP contribution is -2.21. The van der Waals surface area contributed by atoms with Crippen molar-refractivity contribution in [3.05, 3.63) is 29.3 Å². The van der Waals surface area contributed by atoms with E-state index in [9.17, 15) is 18.7 Å². The summed E-state index contributed by atoms with van der Waals surface area (Å²) in [4.78, 5) is 10.9. The number of carbonyl (C=O) groups is 1. The molecule has 2 N–H and O–H groups in total. The molecule has 5 heteroatoms. The van der Waals surface area contributed by atoms with E-state index < -0.39 is 28.8 Å². The van der Waals surface area contributed by atoms with Crippen molar-refractivity contribution in [1.29, 1.82) is 0 Å². The molecule has 0 heterocycles. The van der Waals surface area contributed by atoms with Gasteiger partial charge in [0.2, 0.25) is 0 Å². The van der Waals surface area contributed by atoms with E-state index in [1.807, 2.05) is 0 Å². The van der Waals surface area contributed by atoms with Crippen molar-refractivity contribution < 1.29 is 23.8 Å². The van der Waals surface area contributed by atoms with Gasteiger partial charge in [-0.2, -0.15) is 0 Å². The maximum Gasteiger partial charge on any atom is 0.314 e. The van der Waals surface area contributed by atoms with E-state index in [2.05, 4.69) is 0 Å². The van der Waals surface area contributed by atoms with Gasteiger partial charge in [0.05, 0.1) is 5.41 Å². The molecule has 1 aromatic rings. The number of hydrogen-bond donors (Lipinski definition) is 2. The van der Waals surface area contributed by atoms with Gasteiger partial charge in [0.15, 0.2) is 0 Å². The van der Waals surface area contributed by atoms with E-state index in [0.29, 0.717) is 6.07 Å². The van der Waals surface area contributed by atoms with Gasteiger partial charge in [0.1, 0.15) is 17.4 Å². The first kappa shape index (κ1) is 9.89. The van der Waals surface area contributed by atoms with Crippen LogP contribution in [-0.4, -0.2) is 16.2 Å². The zero-order valence-corrected chi connectivity index (χ0v) is 7.63. The van der Waals surface area contributed by atoms with Crippen LogP contribution in [0.4, 0.5) is 8.78 Å². The molecule has 0 aromatic heterocycles. The fourth-order valence-corrected chi connectivity index (χ4v) is 1.73. The average Bonchev–Trinajstić information content (AvgIpc) is 2.83. The minimum absolute atomic E-state index is 0.262. The molecule has 1 aliphatic rings. The molecule has 1 aromatic carbocycles. The van der Waals surface area contributed by atoms with E-state index in [4.69, 9.17) is 5.11 Å². The van der Waals surface area contributed by atoms with E-state index in [-0.39, 0.29) is 18.4 Å². The number of carboxylic acid groups (broad SMARTS) is 1. The zero-order chi connectivity index (χ0) is 11.2. The van der Waals surface area contributed by atoms with Crippen molar-refractivity contribution in [1.82, 2.24) is 0 Å². The second kappa shape index (κ2) is 2.92. The molecule has 15 heavy (non-hydrogen) atoms. The molecule has 0 spiro atoms. The molecule has 0 unspecified atom stereocenters. The zero-order valence-electron chi connectivity index (χ0n) is 7.63. The van der Waals surface area contributed by atoms with E-state index in [1.54, 1.807) is 0 Å². The van der Waals surface area contributed by atoms with Crippen LogP contribution in [-0.2, 0) is 10.2 Å². The Morgan fingerprint density at radius 3 is 2.33 bits per heavy atom. The maximum atomic E-state index is 13.3. The minimum Gasteiger partial charge on any atom is -0.507 e. The number of hydrogen-bond acceptors (Lipinski definition) is 2. The second-order valence-corrected chi connectivity index (χ2v) is 3.67. The largest absolute Gasteiger partial charge is 0.507 e. The maximum absolute atomic E-state index is 13.3. The van der Waals surface area contributed by atoms with E-state index >= 15 is 0 Å². The van der Waals surface area contributed by atoms with Crippen molar-refractivity contribution >= 4 is 5.97 Å². The van der Waals surface area contributed by atoms with Gasteiger partial charge < -0.3 is 10.2 Å². The molecule has 3 nitrogen and oxygen atoms in total. The van der Waals surface area contributed by atoms with Crippen LogP contribution in [0.5, 0.6) is 5.75 Å². The fraction of sp³-hybridized carbons (Fsp3) is 0.300. The Morgan fingerprint density at radius 1 is 1.33 bits per heavy atom. The molecule has 1 fully saturated rings. The highest BCUT2D eigenvalue weighted by atomic mass is 19.1. The topological polar surface area (TPSA) is 57.5 Å². The molecule has 0 amide bonds. The number of carboxylic acids is 1. The Morgan fingerprint density at radius 2 is 1.93 bits per heavy atom. The Bertz CT molecular complexity index is 415. The summed E-state index contributed by atoms with van der Waals surface area (Å²) >= 11 is 0. The molecule has 0 atom stereocenters. The molecule has 1 aliphatic carbocycles. The highest BCUT2D eigenvalue weighted by Gasteiger charge is 2.54. The third-order valence-electron chi connectivity index (χ3n) is 2.67. The summed E-state index contributed by atoms with van der Waals surface area (Å²) < 4.78 is 26.0. The third kappa shape index (κ3) is 1.35. The van der Waals surface area contributed by atoms with Gasteiger partial charge in [-0.25, -0.2) is 8.78 Å². The molecule has 0 radical (unpaired) electrons. The number of aliphatic carboxylic acids is 1. The highest BCUT2D eigenvalue weighted by Crippen LogP contribution is 2.52. The molecule has 1 saturated carbocycles. The summed E-state index contributed by atoms with van der Waals surface area (Å²) in [6.45, 7) is 0. The number of halogens is 2. The van der Waals surface area contributed by atoms with Crippen molar-refractivity contribution in [3.8, 4) is 5.75 Å². The summed E-state index contributed by atoms with van der Waals surface area (Å²) in [7, 11) is 0. The average molecular weight is 214 g/mol. The fourth-order valence-electron chi connectivity index (χ4n) is 1.73. The van der Waals surface area contributed by atoms with Crippen molar-refractivity contribution in [2.24, 2.45) is 0 Å². The lowest BCUT2D eigenvalue weighted by molar-refractivity contribution is -0.140. The molecular formula is C10H8F2O3. The van der Waals surface area contributed by atoms with Crippen LogP contribution in [0, 0.1) is 11.6 Å². The van der Waals surface area contributed by atoms with E-state index in [1.165, 1.54) is 0 Å². The summed E-state index contributed by atoms with van der Waals surface area (Å²) in [6, 6.07) is 1.31. The predicted molar refractivity (Wildman–Crippen MR) is 46.6 cm³/mol. The quantitative estimate of drug-likeness (QED) is 0.789. The van der Waals surface area contributed by atoms with Crippen LogP contribution < -0.4 is 0 Å². The van der Waals surface area contributed by atoms with Crippen LogP contribution >= 0.6 is 0 Å². The Labute approximate surface area is 84.0 Å². The summed E-state index contributed by atoms with van der Waals surface area (Å²) in [6.07, 6.45) is 0.525. The van der Waals surface area contributed by atoms with Crippen LogP contribution in [0.25, 0.3) is 0 Å². The van der Waals surface area contributed by atoms with Crippen LogP contribution in [0.2, 0.25) is 0 Å². The van der Waals surface area contributed by atoms with Gasteiger partial charge in [-0.1, -0.05) is 0 Å². The van der Waals surface area contributed by atoms with Gasteiger partial charge in [-0.3, -0.25) is 4.79 Å². The van der Waals surface area contributed by atoms with Crippen LogP contribution in [0.15, 0.2) is 12.1 Å². The molecule has 0 saturated heterocycles. The molecule has 0 bridgehead atoms. The van der Waals surface area contributed by atoms with Crippen LogP contribution in [0.1, 0.15) is 18.4 Å². The van der Waals surface area contributed by atoms with E-state index in [0.717, 1.165) is 6.07 Å². The van der Waals surface area contributed by atoms with Gasteiger partial charge in [0.25, 0.3) is 0 Å². The van der Waals surface area contributed by atoms with Crippen molar-refractivity contribution in [3.63, 3.8) is 0 Å². The smallest absolute Gasteiger partial charge is 0.314 e. The first-order valence-corrected chi connectivity index (χ1v) is 4.39. The molecule has 80 valence electrons. The first-order valence-electron chi connectivity index (χ1n) is 4.39. The summed E-state index contributed by atoms with van der Waals surface area (Å²) in [5.41, 5.74) is -1.67. The van der Waals surface area contributed by atoms with Crippen LogP contribution in [0.3, 0.4) is 0 Å². The standard InChI is InChI=1S/C10H8F2O3/c11-5-3-6(12)8(7(13)4-5)10(1-2-10)9(14)15/h3-4,13H,1-2H2,(H,14,15). The number of phenolic OH excluding ortho intramolecular Hbond substituents is 1. The number of aromatic hydroxyl groups is 1. The van der Waals surface area contributed by atoms with Gasteiger partial charge >= 0.3 is 5.97 Å². The second-order valence-electron chi connectivity index (χ2n) is 3.67. The molecular weight excluding hydrogens is 206 g/mol. The SMILES string of the molecule is O=C(O)C1(c2c(O)cc(F)cc2F)CC1. The minimum atomic E-state index is -1.36. The van der Waals surface area contributed by atoms with Gasteiger partial charge in [-0.15, -0.1) is 0 Å².